The van der Waals surface area contributed by atoms with Crippen molar-refractivity contribution in [2.75, 3.05) is 19.7 Å². The maximum absolute atomic E-state index is 10.6. The molecular formula is C8H13NO3. The van der Waals surface area contributed by atoms with Crippen molar-refractivity contribution in [2.24, 2.45) is 0 Å². The quantitative estimate of drug-likeness (QED) is 0.589. The Balaban J connectivity index is 2.01. The van der Waals surface area contributed by atoms with Gasteiger partial charge >= 0.3 is 6.09 Å². The number of ether oxygens (including phenoxy) is 1. The van der Waals surface area contributed by atoms with Gasteiger partial charge in [0.1, 0.15) is 0 Å². The van der Waals surface area contributed by atoms with E-state index in [4.69, 9.17) is 9.84 Å². The number of hydrogen-bond donors (Lipinski definition) is 1. The molecule has 68 valence electrons. The van der Waals surface area contributed by atoms with Crippen LogP contribution in [0.5, 0.6) is 0 Å². The number of carbonyl (C=O) groups is 1. The van der Waals surface area contributed by atoms with Gasteiger partial charge in [0.05, 0.1) is 12.1 Å². The summed E-state index contributed by atoms with van der Waals surface area (Å²) in [6, 6.07) is 0. The van der Waals surface area contributed by atoms with Crippen molar-refractivity contribution < 1.29 is 14.6 Å². The van der Waals surface area contributed by atoms with E-state index in [1.165, 1.54) is 4.90 Å². The van der Waals surface area contributed by atoms with Crippen LogP contribution in [0.1, 0.15) is 19.3 Å². The lowest BCUT2D eigenvalue weighted by atomic mass is 10.00. The standard InChI is InChI=1S/C8H13NO3/c10-7(11)9-4-3-8(6-9)2-1-5-12-8/h1-6H2,(H,10,11). The predicted octanol–water partition coefficient (Wildman–Crippen LogP) is 0.919. The largest absolute Gasteiger partial charge is 0.465 e. The Kier molecular flexibility index (Phi) is 1.72. The third-order valence-corrected chi connectivity index (χ3v) is 2.77. The molecular weight excluding hydrogens is 158 g/mol. The summed E-state index contributed by atoms with van der Waals surface area (Å²) in [5.41, 5.74) is -0.113. The van der Waals surface area contributed by atoms with Gasteiger partial charge in [0.2, 0.25) is 0 Å². The molecule has 1 amide bonds. The summed E-state index contributed by atoms with van der Waals surface area (Å²) in [4.78, 5) is 12.1. The number of nitrogens with zero attached hydrogens (tertiary/aromatic N) is 1. The van der Waals surface area contributed by atoms with Crippen LogP contribution < -0.4 is 0 Å². The van der Waals surface area contributed by atoms with Crippen LogP contribution in [0.15, 0.2) is 0 Å². The first-order valence-corrected chi connectivity index (χ1v) is 4.34. The summed E-state index contributed by atoms with van der Waals surface area (Å²) in [5.74, 6) is 0. The smallest absolute Gasteiger partial charge is 0.407 e. The van der Waals surface area contributed by atoms with E-state index < -0.39 is 6.09 Å². The minimum Gasteiger partial charge on any atom is -0.465 e. The van der Waals surface area contributed by atoms with Gasteiger partial charge in [-0.1, -0.05) is 0 Å². The third-order valence-electron chi connectivity index (χ3n) is 2.77. The molecule has 0 aromatic rings. The van der Waals surface area contributed by atoms with Crippen molar-refractivity contribution in [3.05, 3.63) is 0 Å². The number of likely N-dealkylation sites (tertiary alicyclic amines) is 1. The zero-order chi connectivity index (χ0) is 8.60. The first-order valence-electron chi connectivity index (χ1n) is 4.34. The van der Waals surface area contributed by atoms with Gasteiger partial charge in [0, 0.05) is 13.2 Å². The van der Waals surface area contributed by atoms with Crippen LogP contribution in [-0.4, -0.2) is 41.4 Å². The summed E-state index contributed by atoms with van der Waals surface area (Å²) in [5, 5.41) is 8.73. The summed E-state index contributed by atoms with van der Waals surface area (Å²) in [6.07, 6.45) is 2.16. The third kappa shape index (κ3) is 1.16. The van der Waals surface area contributed by atoms with E-state index in [9.17, 15) is 4.79 Å². The van der Waals surface area contributed by atoms with Gasteiger partial charge in [-0.15, -0.1) is 0 Å². The van der Waals surface area contributed by atoms with E-state index in [0.717, 1.165) is 25.9 Å². The van der Waals surface area contributed by atoms with E-state index >= 15 is 0 Å². The summed E-state index contributed by atoms with van der Waals surface area (Å²) in [6.45, 7) is 2.01. The Morgan fingerprint density at radius 1 is 1.50 bits per heavy atom. The lowest BCUT2D eigenvalue weighted by Gasteiger charge is -2.21. The molecule has 1 unspecified atom stereocenters. The highest BCUT2D eigenvalue weighted by atomic mass is 16.5. The molecule has 12 heavy (non-hydrogen) atoms. The Morgan fingerprint density at radius 2 is 2.33 bits per heavy atom. The van der Waals surface area contributed by atoms with Gasteiger partial charge in [-0.05, 0) is 19.3 Å². The minimum atomic E-state index is -0.817. The van der Waals surface area contributed by atoms with E-state index in [1.54, 1.807) is 0 Å². The van der Waals surface area contributed by atoms with Crippen LogP contribution >= 0.6 is 0 Å². The summed E-state index contributed by atoms with van der Waals surface area (Å²) >= 11 is 0. The van der Waals surface area contributed by atoms with E-state index in [-0.39, 0.29) is 5.60 Å². The monoisotopic (exact) mass is 171 g/mol. The molecule has 0 aromatic heterocycles. The van der Waals surface area contributed by atoms with E-state index in [1.807, 2.05) is 0 Å². The number of hydrogen-bond acceptors (Lipinski definition) is 2. The first kappa shape index (κ1) is 7.86. The molecule has 0 saturated carbocycles. The fourth-order valence-electron chi connectivity index (χ4n) is 2.08. The van der Waals surface area contributed by atoms with Crippen molar-refractivity contribution >= 4 is 6.09 Å². The molecule has 2 saturated heterocycles. The molecule has 0 radical (unpaired) electrons. The predicted molar refractivity (Wildman–Crippen MR) is 42.1 cm³/mol. The summed E-state index contributed by atoms with van der Waals surface area (Å²) < 4.78 is 5.58. The lowest BCUT2D eigenvalue weighted by molar-refractivity contribution is 0.0134. The molecule has 0 bridgehead atoms. The Bertz CT molecular complexity index is 198. The zero-order valence-corrected chi connectivity index (χ0v) is 6.95. The van der Waals surface area contributed by atoms with Gasteiger partial charge in [-0.2, -0.15) is 0 Å². The van der Waals surface area contributed by atoms with Gasteiger partial charge in [-0.3, -0.25) is 0 Å². The van der Waals surface area contributed by atoms with Crippen LogP contribution in [0, 0.1) is 0 Å². The SMILES string of the molecule is O=C(O)N1CCC2(CCCO2)C1. The molecule has 2 fully saturated rings. The highest BCUT2D eigenvalue weighted by Gasteiger charge is 2.43. The number of rotatable bonds is 0. The zero-order valence-electron chi connectivity index (χ0n) is 6.95. The van der Waals surface area contributed by atoms with Gasteiger partial charge in [0.25, 0.3) is 0 Å². The Hall–Kier alpha value is -0.770. The van der Waals surface area contributed by atoms with Crippen molar-refractivity contribution in [3.8, 4) is 0 Å². The molecule has 2 aliphatic heterocycles. The molecule has 1 N–H and O–H groups in total. The normalized spacial score (nSPS) is 34.8. The first-order chi connectivity index (χ1) is 5.72. The average Bonchev–Trinajstić information content (AvgIpc) is 2.62. The molecule has 0 aromatic carbocycles. The van der Waals surface area contributed by atoms with Gasteiger partial charge in [-0.25, -0.2) is 4.79 Å². The van der Waals surface area contributed by atoms with Gasteiger partial charge < -0.3 is 14.7 Å². The topological polar surface area (TPSA) is 49.8 Å². The van der Waals surface area contributed by atoms with E-state index in [0.29, 0.717) is 13.1 Å². The molecule has 4 heteroatoms. The molecule has 1 spiro atoms. The van der Waals surface area contributed by atoms with Crippen molar-refractivity contribution in [2.45, 2.75) is 24.9 Å². The summed E-state index contributed by atoms with van der Waals surface area (Å²) in [7, 11) is 0. The van der Waals surface area contributed by atoms with Crippen molar-refractivity contribution in [3.63, 3.8) is 0 Å². The maximum Gasteiger partial charge on any atom is 0.407 e. The van der Waals surface area contributed by atoms with Crippen LogP contribution in [0.3, 0.4) is 0 Å². The van der Waals surface area contributed by atoms with Crippen molar-refractivity contribution in [1.82, 2.24) is 4.90 Å². The van der Waals surface area contributed by atoms with Gasteiger partial charge in [0.15, 0.2) is 0 Å². The second-order valence-corrected chi connectivity index (χ2v) is 3.59. The second kappa shape index (κ2) is 2.62. The van der Waals surface area contributed by atoms with Crippen molar-refractivity contribution in [1.29, 1.82) is 0 Å². The Labute approximate surface area is 71.1 Å². The van der Waals surface area contributed by atoms with Crippen LogP contribution in [0.25, 0.3) is 0 Å². The molecule has 2 rings (SSSR count). The lowest BCUT2D eigenvalue weighted by Crippen LogP contribution is -2.34. The molecule has 2 heterocycles. The fraction of sp³-hybridized carbons (Fsp3) is 0.875. The fourth-order valence-corrected chi connectivity index (χ4v) is 2.08. The maximum atomic E-state index is 10.6. The minimum absolute atomic E-state index is 0.113. The highest BCUT2D eigenvalue weighted by Crippen LogP contribution is 2.34. The average molecular weight is 171 g/mol. The second-order valence-electron chi connectivity index (χ2n) is 3.59. The van der Waals surface area contributed by atoms with Crippen LogP contribution in [-0.2, 0) is 4.74 Å². The Morgan fingerprint density at radius 3 is 2.83 bits per heavy atom. The molecule has 4 nitrogen and oxygen atoms in total. The van der Waals surface area contributed by atoms with E-state index in [2.05, 4.69) is 0 Å². The molecule has 1 atom stereocenters. The highest BCUT2D eigenvalue weighted by molar-refractivity contribution is 5.65. The molecule has 2 aliphatic rings. The van der Waals surface area contributed by atoms with Crippen LogP contribution in [0.4, 0.5) is 4.79 Å². The number of amides is 1. The van der Waals surface area contributed by atoms with Crippen LogP contribution in [0.2, 0.25) is 0 Å². The molecule has 0 aliphatic carbocycles. The number of carboxylic acid groups (broad SMARTS) is 1.